The van der Waals surface area contributed by atoms with Crippen LogP contribution >= 0.6 is 0 Å². The molecular weight excluding hydrogens is 310 g/mol. The van der Waals surface area contributed by atoms with Crippen molar-refractivity contribution in [3.63, 3.8) is 0 Å². The van der Waals surface area contributed by atoms with Gasteiger partial charge in [0.05, 0.1) is 0 Å². The number of anilines is 1. The molecule has 1 saturated heterocycles. The van der Waals surface area contributed by atoms with Crippen molar-refractivity contribution in [1.82, 2.24) is 10.6 Å². The molecule has 0 aromatic heterocycles. The highest BCUT2D eigenvalue weighted by Crippen LogP contribution is 2.30. The number of rotatable bonds is 4. The van der Waals surface area contributed by atoms with Gasteiger partial charge in [0.2, 0.25) is 5.91 Å². The van der Waals surface area contributed by atoms with Crippen LogP contribution in [0.2, 0.25) is 0 Å². The van der Waals surface area contributed by atoms with Gasteiger partial charge in [0.15, 0.2) is 0 Å². The Bertz CT molecular complexity index is 731. The average molecular weight is 335 g/mol. The fraction of sp³-hybridized carbons (Fsp3) is 0.381. The fourth-order valence-electron chi connectivity index (χ4n) is 3.99. The van der Waals surface area contributed by atoms with E-state index in [2.05, 4.69) is 34.1 Å². The molecule has 0 spiro atoms. The molecule has 1 aliphatic carbocycles. The summed E-state index contributed by atoms with van der Waals surface area (Å²) in [6, 6.07) is 18.8. The molecule has 2 aromatic rings. The van der Waals surface area contributed by atoms with Gasteiger partial charge in [-0.3, -0.25) is 10.1 Å². The summed E-state index contributed by atoms with van der Waals surface area (Å²) in [4.78, 5) is 12.7. The fourth-order valence-corrected chi connectivity index (χ4v) is 3.99. The second kappa shape index (κ2) is 7.28. The van der Waals surface area contributed by atoms with Crippen LogP contribution in [0.4, 0.5) is 5.69 Å². The molecule has 1 saturated carbocycles. The minimum Gasteiger partial charge on any atom is -0.381 e. The monoisotopic (exact) mass is 335 g/mol. The summed E-state index contributed by atoms with van der Waals surface area (Å²) in [7, 11) is 0. The number of piperazine rings is 1. The number of hydrogen-bond donors (Lipinski definition) is 3. The molecule has 4 nitrogen and oxygen atoms in total. The van der Waals surface area contributed by atoms with E-state index in [0.717, 1.165) is 30.6 Å². The van der Waals surface area contributed by atoms with Crippen molar-refractivity contribution in [2.24, 2.45) is 0 Å². The number of para-hydroxylation sites is 1. The van der Waals surface area contributed by atoms with Crippen LogP contribution in [0.5, 0.6) is 0 Å². The van der Waals surface area contributed by atoms with Gasteiger partial charge in [0, 0.05) is 29.9 Å². The van der Waals surface area contributed by atoms with Crippen LogP contribution in [0.3, 0.4) is 0 Å². The van der Waals surface area contributed by atoms with Crippen LogP contribution in [0.15, 0.2) is 54.6 Å². The maximum absolute atomic E-state index is 12.7. The van der Waals surface area contributed by atoms with Crippen molar-refractivity contribution >= 4 is 11.6 Å². The largest absolute Gasteiger partial charge is 0.381 e. The minimum atomic E-state index is -0.279. The number of fused-ring (bicyclic) bond motifs is 1. The van der Waals surface area contributed by atoms with Gasteiger partial charge in [0.25, 0.3) is 0 Å². The molecule has 0 bridgehead atoms. The first-order valence-electron chi connectivity index (χ1n) is 9.24. The van der Waals surface area contributed by atoms with Gasteiger partial charge in [-0.2, -0.15) is 0 Å². The number of carbonyl (C=O) groups is 1. The predicted octanol–water partition coefficient (Wildman–Crippen LogP) is 3.37. The van der Waals surface area contributed by atoms with E-state index in [1.54, 1.807) is 0 Å². The van der Waals surface area contributed by atoms with Crippen molar-refractivity contribution in [1.29, 1.82) is 0 Å². The van der Waals surface area contributed by atoms with Gasteiger partial charge in [-0.15, -0.1) is 0 Å². The van der Waals surface area contributed by atoms with Gasteiger partial charge < -0.3 is 10.6 Å². The molecule has 2 aliphatic rings. The average Bonchev–Trinajstić information content (AvgIpc) is 2.67. The summed E-state index contributed by atoms with van der Waals surface area (Å²) in [6.07, 6.45) is 4.68. The van der Waals surface area contributed by atoms with Crippen LogP contribution < -0.4 is 16.0 Å². The second-order valence-electron chi connectivity index (χ2n) is 7.03. The third-order valence-electron chi connectivity index (χ3n) is 5.33. The molecule has 3 N–H and O–H groups in total. The Hall–Kier alpha value is -2.33. The molecule has 0 radical (unpaired) electrons. The molecule has 4 heteroatoms. The zero-order valence-corrected chi connectivity index (χ0v) is 14.4. The van der Waals surface area contributed by atoms with Gasteiger partial charge >= 0.3 is 0 Å². The molecule has 1 amide bonds. The summed E-state index contributed by atoms with van der Waals surface area (Å²) in [5, 5.41) is 10.3. The second-order valence-corrected chi connectivity index (χ2v) is 7.03. The van der Waals surface area contributed by atoms with E-state index in [0.29, 0.717) is 12.1 Å². The van der Waals surface area contributed by atoms with Crippen LogP contribution in [0.1, 0.15) is 42.9 Å². The highest BCUT2D eigenvalue weighted by atomic mass is 16.2. The first kappa shape index (κ1) is 16.2. The van der Waals surface area contributed by atoms with Crippen LogP contribution in [0, 0.1) is 0 Å². The molecule has 130 valence electrons. The molecule has 3 atom stereocenters. The third-order valence-corrected chi connectivity index (χ3v) is 5.33. The highest BCUT2D eigenvalue weighted by molar-refractivity contribution is 5.86. The van der Waals surface area contributed by atoms with Crippen LogP contribution in [0.25, 0.3) is 0 Å². The van der Waals surface area contributed by atoms with E-state index in [1.165, 1.54) is 18.4 Å². The van der Waals surface area contributed by atoms with Gasteiger partial charge in [-0.25, -0.2) is 0 Å². The lowest BCUT2D eigenvalue weighted by molar-refractivity contribution is -0.127. The van der Waals surface area contributed by atoms with E-state index in [-0.39, 0.29) is 11.9 Å². The van der Waals surface area contributed by atoms with Gasteiger partial charge in [-0.05, 0) is 24.5 Å². The Morgan fingerprint density at radius 1 is 0.920 bits per heavy atom. The molecule has 25 heavy (non-hydrogen) atoms. The Morgan fingerprint density at radius 3 is 2.48 bits per heavy atom. The number of carbonyl (C=O) groups excluding carboxylic acids is 1. The van der Waals surface area contributed by atoms with Crippen LogP contribution in [-0.4, -0.2) is 18.0 Å². The Balaban J connectivity index is 1.52. The maximum atomic E-state index is 12.7. The molecule has 2 fully saturated rings. The van der Waals surface area contributed by atoms with Crippen molar-refractivity contribution in [2.45, 2.75) is 50.4 Å². The third kappa shape index (κ3) is 3.54. The van der Waals surface area contributed by atoms with Crippen molar-refractivity contribution < 1.29 is 4.79 Å². The summed E-state index contributed by atoms with van der Waals surface area (Å²) in [6.45, 7) is 0.748. The number of amides is 1. The smallest absolute Gasteiger partial charge is 0.242 e. The summed E-state index contributed by atoms with van der Waals surface area (Å²) >= 11 is 0. The van der Waals surface area contributed by atoms with Crippen molar-refractivity contribution in [3.05, 3.63) is 65.7 Å². The SMILES string of the molecule is O=C1NC2CCCCC2NC1c1ccccc1NCc1ccccc1. The topological polar surface area (TPSA) is 53.2 Å². The van der Waals surface area contributed by atoms with Crippen LogP contribution in [-0.2, 0) is 11.3 Å². The maximum Gasteiger partial charge on any atom is 0.242 e. The van der Waals surface area contributed by atoms with E-state index in [1.807, 2.05) is 36.4 Å². The van der Waals surface area contributed by atoms with E-state index >= 15 is 0 Å². The van der Waals surface area contributed by atoms with Gasteiger partial charge in [-0.1, -0.05) is 61.4 Å². The molecule has 2 aromatic carbocycles. The quantitative estimate of drug-likeness (QED) is 0.803. The number of hydrogen-bond acceptors (Lipinski definition) is 3. The zero-order valence-electron chi connectivity index (χ0n) is 14.4. The Labute approximate surface area is 149 Å². The lowest BCUT2D eigenvalue weighted by Crippen LogP contribution is -2.61. The standard InChI is InChI=1S/C21H25N3O/c25-21-20(23-18-12-6-7-13-19(18)24-21)16-10-4-5-11-17(16)22-14-15-8-2-1-3-9-15/h1-5,8-11,18-20,22-23H,6-7,12-14H2,(H,24,25). The summed E-state index contributed by atoms with van der Waals surface area (Å²) in [5.74, 6) is 0.0945. The lowest BCUT2D eigenvalue weighted by atomic mass is 9.86. The zero-order chi connectivity index (χ0) is 17.1. The summed E-state index contributed by atoms with van der Waals surface area (Å²) in [5.41, 5.74) is 3.28. The predicted molar refractivity (Wildman–Crippen MR) is 100 cm³/mol. The lowest BCUT2D eigenvalue weighted by Gasteiger charge is -2.41. The first-order chi connectivity index (χ1) is 12.3. The molecule has 4 rings (SSSR count). The van der Waals surface area contributed by atoms with Gasteiger partial charge in [0.1, 0.15) is 6.04 Å². The van der Waals surface area contributed by atoms with Crippen molar-refractivity contribution in [3.8, 4) is 0 Å². The van der Waals surface area contributed by atoms with E-state index < -0.39 is 0 Å². The molecule has 1 aliphatic heterocycles. The van der Waals surface area contributed by atoms with Crippen molar-refractivity contribution in [2.75, 3.05) is 5.32 Å². The minimum absolute atomic E-state index is 0.0945. The molecule has 1 heterocycles. The summed E-state index contributed by atoms with van der Waals surface area (Å²) < 4.78 is 0. The number of benzene rings is 2. The van der Waals surface area contributed by atoms with E-state index in [4.69, 9.17) is 0 Å². The number of nitrogens with one attached hydrogen (secondary N) is 3. The van der Waals surface area contributed by atoms with E-state index in [9.17, 15) is 4.79 Å². The molecule has 3 unspecified atom stereocenters. The Kier molecular flexibility index (Phi) is 4.70. The normalized spacial score (nSPS) is 25.8. The highest BCUT2D eigenvalue weighted by Gasteiger charge is 2.37. The Morgan fingerprint density at radius 2 is 1.64 bits per heavy atom. The first-order valence-corrected chi connectivity index (χ1v) is 9.24. The molecular formula is C21H25N3O.